The van der Waals surface area contributed by atoms with Gasteiger partial charge in [-0.25, -0.2) is 8.42 Å². The monoisotopic (exact) mass is 584 g/mol. The highest BCUT2D eigenvalue weighted by molar-refractivity contribution is 7.90. The van der Waals surface area contributed by atoms with E-state index in [2.05, 4.69) is 5.32 Å². The molecule has 11 heteroatoms. The van der Waals surface area contributed by atoms with Crippen LogP contribution >= 0.6 is 11.6 Å². The van der Waals surface area contributed by atoms with Crippen LogP contribution < -0.4 is 5.32 Å². The van der Waals surface area contributed by atoms with Crippen molar-refractivity contribution in [3.05, 3.63) is 76.7 Å². The first-order chi connectivity index (χ1) is 19.0. The Labute approximate surface area is 237 Å². The molecule has 1 N–H and O–H groups in total. The fourth-order valence-corrected chi connectivity index (χ4v) is 6.39. The van der Waals surface area contributed by atoms with Crippen molar-refractivity contribution in [3.8, 4) is 11.1 Å². The highest BCUT2D eigenvalue weighted by Crippen LogP contribution is 2.43. The van der Waals surface area contributed by atoms with E-state index in [0.29, 0.717) is 48.2 Å². The summed E-state index contributed by atoms with van der Waals surface area (Å²) < 4.78 is 34.8. The molecule has 0 aliphatic carbocycles. The number of Topliss-reactive ketones (excluding diaryl/α,β-unsaturated/α-hetero) is 1. The van der Waals surface area contributed by atoms with Crippen LogP contribution in [-0.4, -0.2) is 62.5 Å². The quantitative estimate of drug-likeness (QED) is 0.330. The second-order valence-electron chi connectivity index (χ2n) is 10.4. The molecule has 0 bridgehead atoms. The molecule has 2 aromatic carbocycles. The fourth-order valence-electron chi connectivity index (χ4n) is 5.44. The topological polar surface area (TPSA) is 123 Å². The van der Waals surface area contributed by atoms with Crippen molar-refractivity contribution >= 4 is 39.1 Å². The Morgan fingerprint density at radius 1 is 1.20 bits per heavy atom. The normalized spacial score (nSPS) is 21.5. The molecule has 0 radical (unpaired) electrons. The van der Waals surface area contributed by atoms with Gasteiger partial charge in [0.25, 0.3) is 0 Å². The number of benzene rings is 2. The lowest BCUT2D eigenvalue weighted by Crippen LogP contribution is -2.54. The van der Waals surface area contributed by atoms with Gasteiger partial charge in [0.15, 0.2) is 21.2 Å². The Kier molecular flexibility index (Phi) is 7.60. The zero-order valence-corrected chi connectivity index (χ0v) is 23.7. The maximum atomic E-state index is 13.8. The molecule has 9 nitrogen and oxygen atoms in total. The van der Waals surface area contributed by atoms with Crippen LogP contribution in [0.4, 0.5) is 0 Å². The minimum atomic E-state index is -3.42. The number of nitrogens with one attached hydrogen (secondary N) is 1. The lowest BCUT2D eigenvalue weighted by Gasteiger charge is -2.37. The molecule has 2 aliphatic rings. The summed E-state index contributed by atoms with van der Waals surface area (Å²) in [6.45, 7) is 2.91. The molecular weight excluding hydrogens is 556 g/mol. The Bertz CT molecular complexity index is 1590. The predicted molar refractivity (Wildman–Crippen MR) is 148 cm³/mol. The van der Waals surface area contributed by atoms with E-state index in [0.717, 1.165) is 11.8 Å². The minimum Gasteiger partial charge on any atom is -0.472 e. The first-order valence-corrected chi connectivity index (χ1v) is 15.1. The molecule has 2 aliphatic heterocycles. The number of amides is 1. The number of sulfone groups is 1. The van der Waals surface area contributed by atoms with Gasteiger partial charge in [0.05, 0.1) is 24.0 Å². The highest BCUT2D eigenvalue weighted by Gasteiger charge is 2.57. The molecule has 3 aromatic rings. The van der Waals surface area contributed by atoms with Crippen LogP contribution in [0.2, 0.25) is 5.02 Å². The molecule has 2 fully saturated rings. The van der Waals surface area contributed by atoms with E-state index >= 15 is 0 Å². The van der Waals surface area contributed by atoms with E-state index in [1.54, 1.807) is 49.6 Å². The molecule has 2 saturated heterocycles. The van der Waals surface area contributed by atoms with Crippen molar-refractivity contribution < 1.29 is 32.0 Å². The second-order valence-corrected chi connectivity index (χ2v) is 12.8. The number of halogens is 1. The maximum Gasteiger partial charge on any atom is 0.322 e. The molecule has 1 aromatic heterocycles. The molecule has 210 valence electrons. The largest absolute Gasteiger partial charge is 0.472 e. The first kappa shape index (κ1) is 28.1. The van der Waals surface area contributed by atoms with Crippen LogP contribution in [0.1, 0.15) is 35.4 Å². The second kappa shape index (κ2) is 10.8. The van der Waals surface area contributed by atoms with Gasteiger partial charge in [-0.1, -0.05) is 23.7 Å². The molecule has 2 atom stereocenters. The predicted octanol–water partition coefficient (Wildman–Crippen LogP) is 3.67. The third-order valence-electron chi connectivity index (χ3n) is 7.45. The van der Waals surface area contributed by atoms with Crippen molar-refractivity contribution in [2.45, 2.75) is 42.7 Å². The van der Waals surface area contributed by atoms with Crippen LogP contribution in [-0.2, 0) is 35.5 Å². The zero-order chi connectivity index (χ0) is 28.7. The molecular formula is C29H29ClN2O7S. The van der Waals surface area contributed by atoms with Crippen molar-refractivity contribution in [3.63, 3.8) is 0 Å². The summed E-state index contributed by atoms with van der Waals surface area (Å²) >= 11 is 6.63. The van der Waals surface area contributed by atoms with Crippen molar-refractivity contribution in [1.82, 2.24) is 10.2 Å². The standard InChI is InChI=1S/C29H29ClN2O7S/c1-18-11-23(20-5-3-6-21(12-20)40(2,36)37)24(30)13-22(18)26-27(34)29(39-28(26)35)8-4-9-32(17-29)15-25(33)31-14-19-7-10-38-16-19/h3,5-7,10-13,16,26H,4,8-9,14-15,17H2,1-2H3,(H,31,33). The zero-order valence-electron chi connectivity index (χ0n) is 22.1. The number of furan rings is 1. The van der Waals surface area contributed by atoms with Gasteiger partial charge in [-0.15, -0.1) is 0 Å². The van der Waals surface area contributed by atoms with Crippen molar-refractivity contribution in [2.75, 3.05) is 25.9 Å². The average molecular weight is 585 g/mol. The smallest absolute Gasteiger partial charge is 0.322 e. The molecule has 40 heavy (non-hydrogen) atoms. The number of carbonyl (C=O) groups excluding carboxylic acids is 3. The van der Waals surface area contributed by atoms with Crippen LogP contribution in [0, 0.1) is 6.92 Å². The van der Waals surface area contributed by atoms with Crippen LogP contribution in [0.5, 0.6) is 0 Å². The highest BCUT2D eigenvalue weighted by atomic mass is 35.5. The lowest BCUT2D eigenvalue weighted by molar-refractivity contribution is -0.157. The first-order valence-electron chi connectivity index (χ1n) is 12.8. The molecule has 2 unspecified atom stereocenters. The van der Waals surface area contributed by atoms with E-state index in [4.69, 9.17) is 20.8 Å². The Morgan fingerprint density at radius 3 is 2.73 bits per heavy atom. The number of aryl methyl sites for hydroxylation is 1. The minimum absolute atomic E-state index is 0.0706. The number of nitrogens with zero attached hydrogens (tertiary/aromatic N) is 1. The number of rotatable bonds is 7. The van der Waals surface area contributed by atoms with E-state index in [-0.39, 0.29) is 34.7 Å². The SMILES string of the molecule is Cc1cc(-c2cccc(S(C)(=O)=O)c2)c(Cl)cc1C1C(=O)OC2(CCCN(CC(=O)NCc3ccoc3)C2)C1=O. The fraction of sp³-hybridized carbons (Fsp3) is 0.345. The third kappa shape index (κ3) is 5.56. The number of carbonyl (C=O) groups is 3. The van der Waals surface area contributed by atoms with Gasteiger partial charge < -0.3 is 14.5 Å². The Balaban J connectivity index is 1.34. The summed E-state index contributed by atoms with van der Waals surface area (Å²) in [6.07, 6.45) is 5.20. The van der Waals surface area contributed by atoms with Gasteiger partial charge >= 0.3 is 5.97 Å². The van der Waals surface area contributed by atoms with Gasteiger partial charge in [0.1, 0.15) is 5.92 Å². The number of ether oxygens (including phenoxy) is 1. The summed E-state index contributed by atoms with van der Waals surface area (Å²) in [5.74, 6) is -2.32. The number of hydrogen-bond acceptors (Lipinski definition) is 8. The summed E-state index contributed by atoms with van der Waals surface area (Å²) in [7, 11) is -3.42. The molecule has 1 amide bonds. The molecule has 5 rings (SSSR count). The van der Waals surface area contributed by atoms with Gasteiger partial charge in [-0.05, 0) is 73.3 Å². The number of likely N-dealkylation sites (tertiary alicyclic amines) is 1. The van der Waals surface area contributed by atoms with E-state index in [1.807, 2.05) is 4.90 Å². The molecule has 0 saturated carbocycles. The van der Waals surface area contributed by atoms with E-state index in [9.17, 15) is 22.8 Å². The van der Waals surface area contributed by atoms with Crippen molar-refractivity contribution in [1.29, 1.82) is 0 Å². The number of ketones is 1. The van der Waals surface area contributed by atoms with Crippen molar-refractivity contribution in [2.24, 2.45) is 0 Å². The van der Waals surface area contributed by atoms with Gasteiger partial charge in [0, 0.05) is 35.5 Å². The number of hydrogen-bond donors (Lipinski definition) is 1. The van der Waals surface area contributed by atoms with Crippen LogP contribution in [0.15, 0.2) is 64.3 Å². The van der Waals surface area contributed by atoms with E-state index in [1.165, 1.54) is 12.3 Å². The van der Waals surface area contributed by atoms with Gasteiger partial charge in [-0.3, -0.25) is 19.3 Å². The number of piperidine rings is 1. The van der Waals surface area contributed by atoms with E-state index < -0.39 is 27.3 Å². The summed E-state index contributed by atoms with van der Waals surface area (Å²) in [6, 6.07) is 11.5. The number of esters is 1. The maximum absolute atomic E-state index is 13.8. The van der Waals surface area contributed by atoms with Crippen LogP contribution in [0.3, 0.4) is 0 Å². The summed E-state index contributed by atoms with van der Waals surface area (Å²) in [5.41, 5.74) is 1.82. The lowest BCUT2D eigenvalue weighted by atomic mass is 9.81. The summed E-state index contributed by atoms with van der Waals surface area (Å²) in [5, 5.41) is 3.11. The molecule has 1 spiro atoms. The summed E-state index contributed by atoms with van der Waals surface area (Å²) in [4.78, 5) is 41.4. The van der Waals surface area contributed by atoms with Gasteiger partial charge in [-0.2, -0.15) is 0 Å². The third-order valence-corrected chi connectivity index (χ3v) is 8.88. The van der Waals surface area contributed by atoms with Gasteiger partial charge in [0.2, 0.25) is 5.91 Å². The average Bonchev–Trinajstić information content (AvgIpc) is 3.50. The Hall–Kier alpha value is -3.47. The Morgan fingerprint density at radius 2 is 2.00 bits per heavy atom. The van der Waals surface area contributed by atoms with Crippen LogP contribution in [0.25, 0.3) is 11.1 Å². The molecule has 3 heterocycles.